The number of hydrogen-bond donors (Lipinski definition) is 1. The number of hydrogen-bond acceptors (Lipinski definition) is 3. The van der Waals surface area contributed by atoms with Crippen LogP contribution < -0.4 is 10.1 Å². The largest absolute Gasteiger partial charge is 0.461 e. The highest BCUT2D eigenvalue weighted by Gasteiger charge is 2.44. The van der Waals surface area contributed by atoms with E-state index in [2.05, 4.69) is 10.1 Å². The zero-order valence-electron chi connectivity index (χ0n) is 18.1. The van der Waals surface area contributed by atoms with Crippen LogP contribution in [0, 0.1) is 23.0 Å². The van der Waals surface area contributed by atoms with Gasteiger partial charge in [0.15, 0.2) is 0 Å². The summed E-state index contributed by atoms with van der Waals surface area (Å²) in [7, 11) is 0. The molecule has 0 unspecified atom stereocenters. The number of nitrogens with zero attached hydrogens (tertiary/aromatic N) is 1. The third-order valence-electron chi connectivity index (χ3n) is 4.92. The van der Waals surface area contributed by atoms with E-state index in [-0.39, 0.29) is 22.8 Å². The fraction of sp³-hybridized carbons (Fsp3) is 0.167. The van der Waals surface area contributed by atoms with Crippen molar-refractivity contribution in [2.45, 2.75) is 24.8 Å². The molecule has 1 atom stereocenters. The molecule has 0 saturated heterocycles. The topological polar surface area (TPSA) is 62.1 Å². The molecule has 0 heterocycles. The molecule has 0 aliphatic rings. The minimum atomic E-state index is -5.13. The predicted molar refractivity (Wildman–Crippen MR) is 110 cm³/mol. The van der Waals surface area contributed by atoms with Crippen molar-refractivity contribution in [1.29, 1.82) is 5.26 Å². The molecule has 3 aromatic rings. The fourth-order valence-corrected chi connectivity index (χ4v) is 3.22. The Kier molecular flexibility index (Phi) is 7.71. The summed E-state index contributed by atoms with van der Waals surface area (Å²) in [6.07, 6.45) is -14.4. The molecule has 0 bridgehead atoms. The van der Waals surface area contributed by atoms with Crippen molar-refractivity contribution in [2.24, 2.45) is 0 Å². The molecular weight excluding hydrogens is 519 g/mol. The van der Waals surface area contributed by atoms with E-state index in [1.165, 1.54) is 24.3 Å². The van der Waals surface area contributed by atoms with Gasteiger partial charge in [-0.25, -0.2) is 8.78 Å². The van der Waals surface area contributed by atoms with Crippen LogP contribution in [0.1, 0.15) is 38.7 Å². The van der Waals surface area contributed by atoms with E-state index in [4.69, 9.17) is 5.26 Å². The monoisotopic (exact) mass is 532 g/mol. The predicted octanol–water partition coefficient (Wildman–Crippen LogP) is 6.61. The molecule has 3 rings (SSSR count). The highest BCUT2D eigenvalue weighted by molar-refractivity contribution is 5.95. The molecule has 4 nitrogen and oxygen atoms in total. The van der Waals surface area contributed by atoms with E-state index in [9.17, 15) is 44.3 Å². The molecule has 37 heavy (non-hydrogen) atoms. The van der Waals surface area contributed by atoms with Crippen molar-refractivity contribution in [2.75, 3.05) is 0 Å². The summed E-state index contributed by atoms with van der Waals surface area (Å²) >= 11 is 0. The van der Waals surface area contributed by atoms with Crippen LogP contribution in [0.25, 0.3) is 0 Å². The number of nitriles is 1. The average Bonchev–Trinajstić information content (AvgIpc) is 2.81. The first kappa shape index (κ1) is 27.4. The molecule has 0 spiro atoms. The van der Waals surface area contributed by atoms with Crippen LogP contribution in [0.4, 0.5) is 39.5 Å². The molecule has 1 N–H and O–H groups in total. The lowest BCUT2D eigenvalue weighted by Crippen LogP contribution is -2.33. The standard InChI is InChI=1S/C24H13F9N2O2/c25-16-7-15(8-17(10-16)37-24(32,33)22(27)28)20(13-3-1-12(11-34)2-4-13)35-21(36)14-5-6-19(26)18(9-14)23(29,30)31/h1-10,20,22H,(H,35,36)/t20-/m1/s1. The Labute approximate surface area is 202 Å². The quantitative estimate of drug-likeness (QED) is 0.349. The number of carbonyl (C=O) groups is 1. The van der Waals surface area contributed by atoms with Crippen molar-refractivity contribution in [3.8, 4) is 11.8 Å². The summed E-state index contributed by atoms with van der Waals surface area (Å²) in [6.45, 7) is 0. The maximum Gasteiger partial charge on any atom is 0.461 e. The lowest BCUT2D eigenvalue weighted by atomic mass is 9.96. The normalized spacial score (nSPS) is 12.7. The van der Waals surface area contributed by atoms with E-state index in [0.717, 1.165) is 12.1 Å². The molecule has 0 saturated carbocycles. The van der Waals surface area contributed by atoms with Gasteiger partial charge in [0.2, 0.25) is 0 Å². The molecule has 3 aromatic carbocycles. The fourth-order valence-electron chi connectivity index (χ4n) is 3.22. The van der Waals surface area contributed by atoms with Gasteiger partial charge in [0, 0.05) is 11.6 Å². The summed E-state index contributed by atoms with van der Waals surface area (Å²) in [4.78, 5) is 12.8. The van der Waals surface area contributed by atoms with Crippen LogP contribution in [0.15, 0.2) is 60.7 Å². The Balaban J connectivity index is 2.06. The lowest BCUT2D eigenvalue weighted by molar-refractivity contribution is -0.253. The van der Waals surface area contributed by atoms with Crippen LogP contribution >= 0.6 is 0 Å². The van der Waals surface area contributed by atoms with Crippen molar-refractivity contribution < 1.29 is 49.0 Å². The van der Waals surface area contributed by atoms with Crippen LogP contribution in [0.2, 0.25) is 0 Å². The maximum atomic E-state index is 14.3. The van der Waals surface area contributed by atoms with Crippen molar-refractivity contribution in [1.82, 2.24) is 5.32 Å². The van der Waals surface area contributed by atoms with Gasteiger partial charge in [0.25, 0.3) is 5.91 Å². The van der Waals surface area contributed by atoms with Gasteiger partial charge in [-0.2, -0.15) is 36.0 Å². The number of benzene rings is 3. The molecule has 13 heteroatoms. The Morgan fingerprint density at radius 3 is 2.11 bits per heavy atom. The highest BCUT2D eigenvalue weighted by atomic mass is 19.4. The number of alkyl halides is 7. The zero-order valence-corrected chi connectivity index (χ0v) is 18.1. The first-order valence-corrected chi connectivity index (χ1v) is 10.0. The van der Waals surface area contributed by atoms with Crippen molar-refractivity contribution in [3.63, 3.8) is 0 Å². The van der Waals surface area contributed by atoms with Crippen LogP contribution in [0.5, 0.6) is 5.75 Å². The van der Waals surface area contributed by atoms with Crippen LogP contribution in [-0.2, 0) is 6.18 Å². The van der Waals surface area contributed by atoms with Gasteiger partial charge in [-0.05, 0) is 53.6 Å². The van der Waals surface area contributed by atoms with E-state index in [1.54, 1.807) is 0 Å². The molecule has 0 aromatic heterocycles. The summed E-state index contributed by atoms with van der Waals surface area (Å²) in [5.74, 6) is -5.11. The Morgan fingerprint density at radius 2 is 1.54 bits per heavy atom. The third kappa shape index (κ3) is 6.52. The van der Waals surface area contributed by atoms with E-state index in [0.29, 0.717) is 18.2 Å². The van der Waals surface area contributed by atoms with E-state index in [1.807, 2.05) is 6.07 Å². The first-order valence-electron chi connectivity index (χ1n) is 10.0. The number of carbonyl (C=O) groups excluding carboxylic acids is 1. The molecule has 0 fully saturated rings. The number of nitrogens with one attached hydrogen (secondary N) is 1. The Morgan fingerprint density at radius 1 is 0.892 bits per heavy atom. The summed E-state index contributed by atoms with van der Waals surface area (Å²) in [5.41, 5.74) is -2.45. The molecular formula is C24H13F9N2O2. The van der Waals surface area contributed by atoms with Gasteiger partial charge < -0.3 is 10.1 Å². The Bertz CT molecular complexity index is 1330. The second-order valence-corrected chi connectivity index (χ2v) is 7.52. The van der Waals surface area contributed by atoms with Crippen LogP contribution in [0.3, 0.4) is 0 Å². The third-order valence-corrected chi connectivity index (χ3v) is 4.92. The summed E-state index contributed by atoms with van der Waals surface area (Å²) in [5, 5.41) is 11.2. The Hall–Kier alpha value is -4.21. The number of halogens is 9. The van der Waals surface area contributed by atoms with Gasteiger partial charge in [-0.3, -0.25) is 4.79 Å². The molecule has 1 amide bonds. The molecule has 194 valence electrons. The molecule has 0 aliphatic heterocycles. The van der Waals surface area contributed by atoms with E-state index >= 15 is 0 Å². The second-order valence-electron chi connectivity index (χ2n) is 7.52. The van der Waals surface area contributed by atoms with Gasteiger partial charge in [-0.1, -0.05) is 12.1 Å². The number of amides is 1. The molecule has 0 radical (unpaired) electrons. The maximum absolute atomic E-state index is 14.3. The zero-order chi connectivity index (χ0) is 27.5. The lowest BCUT2D eigenvalue weighted by Gasteiger charge is -2.22. The minimum Gasteiger partial charge on any atom is -0.428 e. The first-order chi connectivity index (χ1) is 17.2. The summed E-state index contributed by atoms with van der Waals surface area (Å²) < 4.78 is 123. The van der Waals surface area contributed by atoms with E-state index < -0.39 is 59.2 Å². The smallest absolute Gasteiger partial charge is 0.428 e. The summed E-state index contributed by atoms with van der Waals surface area (Å²) in [6, 6.07) is 8.69. The minimum absolute atomic E-state index is 0.0997. The SMILES string of the molecule is N#Cc1ccc([C@@H](NC(=O)c2ccc(F)c(C(F)(F)F)c2)c2cc(F)cc(OC(F)(F)C(F)F)c2)cc1. The second kappa shape index (κ2) is 10.4. The van der Waals surface area contributed by atoms with Crippen molar-refractivity contribution >= 4 is 5.91 Å². The number of ether oxygens (including phenoxy) is 1. The van der Waals surface area contributed by atoms with Gasteiger partial charge >= 0.3 is 18.7 Å². The van der Waals surface area contributed by atoms with Gasteiger partial charge in [0.05, 0.1) is 23.2 Å². The van der Waals surface area contributed by atoms with Crippen LogP contribution in [-0.4, -0.2) is 18.4 Å². The average molecular weight is 532 g/mol. The number of rotatable bonds is 7. The molecule has 0 aliphatic carbocycles. The van der Waals surface area contributed by atoms with Crippen molar-refractivity contribution in [3.05, 3.63) is 100 Å². The van der Waals surface area contributed by atoms with Gasteiger partial charge in [-0.15, -0.1) is 0 Å². The van der Waals surface area contributed by atoms with Gasteiger partial charge in [0.1, 0.15) is 17.4 Å². The highest BCUT2D eigenvalue weighted by Crippen LogP contribution is 2.34.